The Balaban J connectivity index is 1.39. The summed E-state index contributed by atoms with van der Waals surface area (Å²) in [6.07, 6.45) is 1.33. The number of anilines is 1. The van der Waals surface area contributed by atoms with Crippen LogP contribution < -0.4 is 10.2 Å². The van der Waals surface area contributed by atoms with Crippen molar-refractivity contribution in [3.05, 3.63) is 65.9 Å². The lowest BCUT2D eigenvalue weighted by molar-refractivity contribution is -0.163. The molecule has 2 fully saturated rings. The maximum Gasteiger partial charge on any atom is 0.410 e. The van der Waals surface area contributed by atoms with Crippen LogP contribution in [0, 0.1) is 10.8 Å². The van der Waals surface area contributed by atoms with Gasteiger partial charge in [0.05, 0.1) is 10.8 Å². The predicted octanol–water partition coefficient (Wildman–Crippen LogP) is 5.91. The largest absolute Gasteiger partial charge is 0.438 e. The van der Waals surface area contributed by atoms with E-state index in [1.807, 2.05) is 6.07 Å². The lowest BCUT2D eigenvalue weighted by Crippen LogP contribution is -2.61. The van der Waals surface area contributed by atoms with Gasteiger partial charge in [0.15, 0.2) is 0 Å². The smallest absolute Gasteiger partial charge is 0.410 e. The summed E-state index contributed by atoms with van der Waals surface area (Å²) in [6, 6.07) is 10.8. The van der Waals surface area contributed by atoms with Gasteiger partial charge in [-0.1, -0.05) is 24.3 Å². The third-order valence-corrected chi connectivity index (χ3v) is 12.1. The number of alkyl halides is 2. The average Bonchev–Trinajstić information content (AvgIpc) is 3.81. The molecule has 2 aliphatic heterocycles. The van der Waals surface area contributed by atoms with Gasteiger partial charge in [-0.3, -0.25) is 42.4 Å². The molecule has 2 aliphatic rings. The molecular weight excluding hydrogens is 807 g/mol. The number of ether oxygens (including phenoxy) is 2. The molecule has 4 amide bonds. The second kappa shape index (κ2) is 17.8. The molecule has 1 unspecified atom stereocenters. The molecule has 0 saturated carbocycles. The number of nitrogens with one attached hydrogen (secondary N) is 2. The van der Waals surface area contributed by atoms with Gasteiger partial charge in [0.25, 0.3) is 5.91 Å². The van der Waals surface area contributed by atoms with Crippen LogP contribution in [0.4, 0.5) is 14.5 Å². The van der Waals surface area contributed by atoms with E-state index in [4.69, 9.17) is 18.5 Å². The Morgan fingerprint density at radius 3 is 2.05 bits per heavy atom. The molecule has 3 atom stereocenters. The monoisotopic (exact) mass is 859 g/mol. The van der Waals surface area contributed by atoms with Gasteiger partial charge in [0, 0.05) is 55.3 Å². The molecule has 19 heteroatoms. The molecule has 2 saturated heterocycles. The predicted molar refractivity (Wildman–Crippen MR) is 214 cm³/mol. The van der Waals surface area contributed by atoms with Gasteiger partial charge in [-0.2, -0.15) is 8.78 Å². The number of benzene rings is 2. The molecule has 0 aliphatic carbocycles. The molecule has 16 nitrogen and oxygen atoms in total. The Morgan fingerprint density at radius 1 is 0.883 bits per heavy atom. The molecule has 326 valence electrons. The van der Waals surface area contributed by atoms with Crippen molar-refractivity contribution in [2.24, 2.45) is 10.8 Å². The number of halogens is 2. The number of para-hydroxylation sites is 1. The van der Waals surface area contributed by atoms with E-state index in [1.54, 1.807) is 31.3 Å². The first-order valence-corrected chi connectivity index (χ1v) is 20.9. The van der Waals surface area contributed by atoms with E-state index in [-0.39, 0.29) is 47.5 Å². The van der Waals surface area contributed by atoms with Crippen molar-refractivity contribution in [1.29, 1.82) is 0 Å². The van der Waals surface area contributed by atoms with E-state index in [9.17, 15) is 33.3 Å². The third kappa shape index (κ3) is 10.0. The molecular formula is C41H52F2N5O11P. The molecule has 3 heterocycles. The highest BCUT2D eigenvalue weighted by molar-refractivity contribution is 7.54. The molecule has 2 N–H and O–H groups in total. The zero-order valence-corrected chi connectivity index (χ0v) is 35.8. The fourth-order valence-electron chi connectivity index (χ4n) is 6.78. The van der Waals surface area contributed by atoms with Crippen LogP contribution in [-0.2, 0) is 52.7 Å². The first-order valence-electron chi connectivity index (χ1n) is 19.4. The quantitative estimate of drug-likeness (QED) is 0.125. The number of hydrogen-bond acceptors (Lipinski definition) is 11. The number of nitrogens with zero attached hydrogens (tertiary/aromatic N) is 3. The van der Waals surface area contributed by atoms with Crippen LogP contribution in [0.1, 0.15) is 83.8 Å². The van der Waals surface area contributed by atoms with Crippen molar-refractivity contribution in [3.8, 4) is 0 Å². The van der Waals surface area contributed by atoms with E-state index < -0.39 is 79.1 Å². The van der Waals surface area contributed by atoms with Crippen molar-refractivity contribution >= 4 is 59.8 Å². The topological polar surface area (TPSA) is 194 Å². The van der Waals surface area contributed by atoms with E-state index in [1.165, 1.54) is 75.3 Å². The van der Waals surface area contributed by atoms with Crippen molar-refractivity contribution in [2.45, 2.75) is 91.5 Å². The van der Waals surface area contributed by atoms with Crippen molar-refractivity contribution in [1.82, 2.24) is 20.1 Å². The van der Waals surface area contributed by atoms with Gasteiger partial charge in [-0.05, 0) is 91.1 Å². The Hall–Kier alpha value is -5.19. The van der Waals surface area contributed by atoms with E-state index in [0.29, 0.717) is 24.9 Å². The van der Waals surface area contributed by atoms with E-state index in [0.717, 1.165) is 12.1 Å². The Morgan fingerprint density at radius 2 is 1.48 bits per heavy atom. The normalized spacial score (nSPS) is 19.0. The van der Waals surface area contributed by atoms with Crippen LogP contribution in [0.3, 0.4) is 0 Å². The highest BCUT2D eigenvalue weighted by Crippen LogP contribution is 2.67. The maximum absolute atomic E-state index is 16.3. The number of H-pyrrole nitrogens is 1. The Kier molecular flexibility index (Phi) is 13.6. The van der Waals surface area contributed by atoms with Gasteiger partial charge >= 0.3 is 25.2 Å². The number of carbonyl (C=O) groups excluding carboxylic acids is 6. The lowest BCUT2D eigenvalue weighted by Gasteiger charge is -2.39. The fraction of sp³-hybridized carbons (Fsp3) is 0.512. The van der Waals surface area contributed by atoms with E-state index >= 15 is 8.78 Å². The standard InChI is InChI=1S/C41H52F2N5O11P/c1-25(49)47-19-18-29-15-17-33(36(52)46(8)28-12-10-9-11-13-28)48(29)35(51)32(22-47)45-34(50)31-21-26-20-27(14-16-30(26)44-31)41(42,43)60(55,58-23-56-37(53)39(2,3)4)59-24-57-38(54)40(5,6)7/h9-14,16,20-21,29,32-33,44H,15,17-19,22-24H2,1-8H3,(H,45,50)/t29?,32-,33-/m0/s1. The maximum atomic E-state index is 16.3. The van der Waals surface area contributed by atoms with Gasteiger partial charge in [0.2, 0.25) is 31.3 Å². The zero-order valence-electron chi connectivity index (χ0n) is 34.9. The van der Waals surface area contributed by atoms with Crippen molar-refractivity contribution in [3.63, 3.8) is 0 Å². The number of fused-ring (bicyclic) bond motifs is 2. The third-order valence-electron chi connectivity index (χ3n) is 10.3. The minimum Gasteiger partial charge on any atom is -0.438 e. The second-order valence-electron chi connectivity index (χ2n) is 16.9. The van der Waals surface area contributed by atoms with Crippen molar-refractivity contribution < 1.29 is 60.6 Å². The highest BCUT2D eigenvalue weighted by atomic mass is 31.2. The summed E-state index contributed by atoms with van der Waals surface area (Å²) >= 11 is 0. The number of aromatic amines is 1. The molecule has 5 rings (SSSR count). The lowest BCUT2D eigenvalue weighted by atomic mass is 9.98. The van der Waals surface area contributed by atoms with Crippen LogP contribution in [0.15, 0.2) is 54.6 Å². The van der Waals surface area contributed by atoms with Gasteiger partial charge in [-0.25, -0.2) is 0 Å². The molecule has 3 aromatic rings. The minimum atomic E-state index is -5.63. The molecule has 0 spiro atoms. The van der Waals surface area contributed by atoms with Gasteiger partial charge in [-0.15, -0.1) is 0 Å². The van der Waals surface area contributed by atoms with E-state index in [2.05, 4.69) is 10.3 Å². The number of amides is 4. The summed E-state index contributed by atoms with van der Waals surface area (Å²) in [4.78, 5) is 86.5. The molecule has 60 heavy (non-hydrogen) atoms. The summed E-state index contributed by atoms with van der Waals surface area (Å²) < 4.78 is 66.2. The number of likely N-dealkylation sites (N-methyl/N-ethyl adjacent to an activating group) is 1. The van der Waals surface area contributed by atoms with Crippen molar-refractivity contribution in [2.75, 3.05) is 38.6 Å². The Bertz CT molecular complexity index is 2130. The van der Waals surface area contributed by atoms with Crippen LogP contribution in [0.5, 0.6) is 0 Å². The van der Waals surface area contributed by atoms with Crippen LogP contribution in [0.2, 0.25) is 0 Å². The summed E-state index contributed by atoms with van der Waals surface area (Å²) in [7, 11) is -4.00. The second-order valence-corrected chi connectivity index (χ2v) is 19.0. The molecule has 0 radical (unpaired) electrons. The number of hydrogen-bond donors (Lipinski definition) is 2. The highest BCUT2D eigenvalue weighted by Gasteiger charge is 2.56. The molecule has 0 bridgehead atoms. The first kappa shape index (κ1) is 45.9. The van der Waals surface area contributed by atoms with Crippen LogP contribution >= 0.6 is 7.60 Å². The number of carbonyl (C=O) groups is 6. The average molecular weight is 860 g/mol. The minimum absolute atomic E-state index is 0.0609. The molecule has 1 aromatic heterocycles. The SMILES string of the molecule is CC(=O)N1CCC2CC[C@@H](C(=O)N(C)c3ccccc3)N2C(=O)[C@@H](NC(=O)c2cc3cc(C(F)(F)P(=O)(OCOC(=O)C(C)(C)C)OCOC(=O)C(C)(C)C)ccc3[nH]2)C1. The first-order chi connectivity index (χ1) is 27.9. The summed E-state index contributed by atoms with van der Waals surface area (Å²) in [5, 5.41) is 2.75. The zero-order chi connectivity index (χ0) is 44.4. The fourth-order valence-corrected chi connectivity index (χ4v) is 8.02. The number of aromatic nitrogens is 1. The summed E-state index contributed by atoms with van der Waals surface area (Å²) in [6.45, 7) is 8.17. The van der Waals surface area contributed by atoms with Crippen LogP contribution in [-0.4, -0.2) is 102 Å². The summed E-state index contributed by atoms with van der Waals surface area (Å²) in [5.74, 6) is -3.64. The number of esters is 2. The Labute approximate surface area is 346 Å². The summed E-state index contributed by atoms with van der Waals surface area (Å²) in [5.41, 5.74) is -6.67. The van der Waals surface area contributed by atoms with Crippen LogP contribution in [0.25, 0.3) is 10.9 Å². The van der Waals surface area contributed by atoms with Gasteiger partial charge < -0.3 is 34.5 Å². The number of rotatable bonds is 12. The van der Waals surface area contributed by atoms with Gasteiger partial charge in [0.1, 0.15) is 17.8 Å². The molecule has 2 aromatic carbocycles.